The van der Waals surface area contributed by atoms with Crippen molar-refractivity contribution >= 4 is 11.4 Å². The molecule has 0 bridgehead atoms. The highest BCUT2D eigenvalue weighted by atomic mass is 19.1. The first kappa shape index (κ1) is 10.5. The number of nitrogens with zero attached hydrogens (tertiary/aromatic N) is 2. The summed E-state index contributed by atoms with van der Waals surface area (Å²) in [5, 5.41) is 7.11. The first-order valence-corrected chi connectivity index (χ1v) is 4.92. The van der Waals surface area contributed by atoms with Gasteiger partial charge in [0.25, 0.3) is 0 Å². The van der Waals surface area contributed by atoms with Crippen molar-refractivity contribution in [3.05, 3.63) is 42.0 Å². The minimum absolute atomic E-state index is 0.145. The normalized spacial score (nSPS) is 10.4. The molecule has 1 aromatic carbocycles. The number of aryl methyl sites for hydroxylation is 1. The Morgan fingerprint density at radius 1 is 1.50 bits per heavy atom. The second-order valence-corrected chi connectivity index (χ2v) is 3.58. The van der Waals surface area contributed by atoms with E-state index in [1.807, 2.05) is 13.2 Å². The molecule has 0 spiro atoms. The zero-order valence-corrected chi connectivity index (χ0v) is 8.94. The molecule has 0 radical (unpaired) electrons. The second-order valence-electron chi connectivity index (χ2n) is 3.58. The smallest absolute Gasteiger partial charge is 0.148 e. The standard InChI is InChI=1S/C11H13FN4/c1-16-7-8(6-15-16)5-14-10-4-2-3-9(12)11(10)13/h2-4,6-7,14H,5,13H2,1H3. The summed E-state index contributed by atoms with van der Waals surface area (Å²) in [7, 11) is 1.85. The van der Waals surface area contributed by atoms with Crippen LogP contribution in [0.15, 0.2) is 30.6 Å². The van der Waals surface area contributed by atoms with Crippen LogP contribution >= 0.6 is 0 Å². The summed E-state index contributed by atoms with van der Waals surface area (Å²) in [5.74, 6) is -0.406. The van der Waals surface area contributed by atoms with Crippen LogP contribution in [0.1, 0.15) is 5.56 Å². The van der Waals surface area contributed by atoms with Crippen molar-refractivity contribution in [1.29, 1.82) is 0 Å². The molecule has 4 nitrogen and oxygen atoms in total. The summed E-state index contributed by atoms with van der Waals surface area (Å²) in [6.07, 6.45) is 3.64. The van der Waals surface area contributed by atoms with Crippen LogP contribution in [0.2, 0.25) is 0 Å². The maximum Gasteiger partial charge on any atom is 0.148 e. The Balaban J connectivity index is 2.07. The average Bonchev–Trinajstić information content (AvgIpc) is 2.67. The number of nitrogens with two attached hydrogens (primary N) is 1. The highest BCUT2D eigenvalue weighted by molar-refractivity contribution is 5.66. The molecule has 0 amide bonds. The molecule has 3 N–H and O–H groups in total. The summed E-state index contributed by atoms with van der Waals surface area (Å²) in [6.45, 7) is 0.571. The van der Waals surface area contributed by atoms with Gasteiger partial charge in [0, 0.05) is 25.4 Å². The zero-order valence-electron chi connectivity index (χ0n) is 8.94. The van der Waals surface area contributed by atoms with E-state index in [1.165, 1.54) is 6.07 Å². The molecule has 84 valence electrons. The molecule has 0 saturated carbocycles. The first-order valence-electron chi connectivity index (χ1n) is 4.92. The maximum absolute atomic E-state index is 13.1. The van der Waals surface area contributed by atoms with E-state index in [-0.39, 0.29) is 5.69 Å². The third-order valence-electron chi connectivity index (χ3n) is 2.29. The van der Waals surface area contributed by atoms with E-state index in [2.05, 4.69) is 10.4 Å². The SMILES string of the molecule is Cn1cc(CNc2cccc(F)c2N)cn1. The monoisotopic (exact) mass is 220 g/mol. The molecule has 2 aromatic rings. The lowest BCUT2D eigenvalue weighted by Crippen LogP contribution is -2.03. The number of aromatic nitrogens is 2. The van der Waals surface area contributed by atoms with Crippen LogP contribution in [0.25, 0.3) is 0 Å². The number of para-hydroxylation sites is 1. The number of benzene rings is 1. The van der Waals surface area contributed by atoms with Gasteiger partial charge < -0.3 is 11.1 Å². The van der Waals surface area contributed by atoms with Gasteiger partial charge >= 0.3 is 0 Å². The third kappa shape index (κ3) is 2.13. The van der Waals surface area contributed by atoms with Gasteiger partial charge in [0.2, 0.25) is 0 Å². The Morgan fingerprint density at radius 2 is 2.31 bits per heavy atom. The number of nitrogens with one attached hydrogen (secondary N) is 1. The van der Waals surface area contributed by atoms with Gasteiger partial charge in [0.15, 0.2) is 0 Å². The van der Waals surface area contributed by atoms with Crippen LogP contribution in [0, 0.1) is 5.82 Å². The van der Waals surface area contributed by atoms with Crippen molar-refractivity contribution in [1.82, 2.24) is 9.78 Å². The lowest BCUT2D eigenvalue weighted by atomic mass is 10.2. The first-order chi connectivity index (χ1) is 7.66. The van der Waals surface area contributed by atoms with Gasteiger partial charge in [-0.15, -0.1) is 0 Å². The fourth-order valence-electron chi connectivity index (χ4n) is 1.45. The van der Waals surface area contributed by atoms with Crippen molar-refractivity contribution in [2.24, 2.45) is 7.05 Å². The molecule has 5 heteroatoms. The van der Waals surface area contributed by atoms with Crippen LogP contribution in [0.3, 0.4) is 0 Å². The molecule has 16 heavy (non-hydrogen) atoms. The molecule has 1 heterocycles. The quantitative estimate of drug-likeness (QED) is 0.775. The highest BCUT2D eigenvalue weighted by Crippen LogP contribution is 2.21. The van der Waals surface area contributed by atoms with Crippen LogP contribution in [0.5, 0.6) is 0 Å². The van der Waals surface area contributed by atoms with Gasteiger partial charge in [-0.1, -0.05) is 6.07 Å². The topological polar surface area (TPSA) is 55.9 Å². The molecule has 1 aromatic heterocycles. The van der Waals surface area contributed by atoms with E-state index < -0.39 is 5.82 Å². The number of hydrogen-bond donors (Lipinski definition) is 2. The Kier molecular flexibility index (Phi) is 2.76. The second kappa shape index (κ2) is 4.22. The Morgan fingerprint density at radius 3 is 3.00 bits per heavy atom. The number of rotatable bonds is 3. The van der Waals surface area contributed by atoms with E-state index in [1.54, 1.807) is 23.0 Å². The molecular weight excluding hydrogens is 207 g/mol. The lowest BCUT2D eigenvalue weighted by molar-refractivity contribution is 0.633. The maximum atomic E-state index is 13.1. The van der Waals surface area contributed by atoms with Crippen molar-refractivity contribution < 1.29 is 4.39 Å². The molecule has 0 aliphatic rings. The van der Waals surface area contributed by atoms with Crippen LogP contribution < -0.4 is 11.1 Å². The van der Waals surface area contributed by atoms with Crippen LogP contribution in [-0.4, -0.2) is 9.78 Å². The molecule has 0 aliphatic carbocycles. The van der Waals surface area contributed by atoms with Crippen molar-refractivity contribution in [2.75, 3.05) is 11.1 Å². The molecule has 0 unspecified atom stereocenters. The van der Waals surface area contributed by atoms with Crippen LogP contribution in [-0.2, 0) is 13.6 Å². The molecule has 0 fully saturated rings. The molecule has 0 saturated heterocycles. The van der Waals surface area contributed by atoms with Crippen molar-refractivity contribution in [2.45, 2.75) is 6.54 Å². The number of hydrogen-bond acceptors (Lipinski definition) is 3. The number of halogens is 1. The zero-order chi connectivity index (χ0) is 11.5. The summed E-state index contributed by atoms with van der Waals surface area (Å²) >= 11 is 0. The van der Waals surface area contributed by atoms with E-state index in [4.69, 9.17) is 5.73 Å². The van der Waals surface area contributed by atoms with E-state index in [9.17, 15) is 4.39 Å². The molecule has 0 atom stereocenters. The van der Waals surface area contributed by atoms with Gasteiger partial charge in [0.05, 0.1) is 17.6 Å². The van der Waals surface area contributed by atoms with Gasteiger partial charge in [-0.3, -0.25) is 4.68 Å². The summed E-state index contributed by atoms with van der Waals surface area (Å²) in [5.41, 5.74) is 7.36. The average molecular weight is 220 g/mol. The fourth-order valence-corrected chi connectivity index (χ4v) is 1.45. The predicted octanol–water partition coefficient (Wildman–Crippen LogP) is 1.75. The van der Waals surface area contributed by atoms with E-state index in [0.29, 0.717) is 12.2 Å². The Bertz CT molecular complexity index is 492. The summed E-state index contributed by atoms with van der Waals surface area (Å²) in [6, 6.07) is 4.70. The predicted molar refractivity (Wildman–Crippen MR) is 61.3 cm³/mol. The van der Waals surface area contributed by atoms with Gasteiger partial charge in [-0.2, -0.15) is 5.10 Å². The summed E-state index contributed by atoms with van der Waals surface area (Å²) < 4.78 is 14.8. The Hall–Kier alpha value is -2.04. The van der Waals surface area contributed by atoms with Crippen molar-refractivity contribution in [3.63, 3.8) is 0 Å². The van der Waals surface area contributed by atoms with Crippen molar-refractivity contribution in [3.8, 4) is 0 Å². The van der Waals surface area contributed by atoms with Crippen LogP contribution in [0.4, 0.5) is 15.8 Å². The van der Waals surface area contributed by atoms with E-state index >= 15 is 0 Å². The highest BCUT2D eigenvalue weighted by Gasteiger charge is 2.04. The van der Waals surface area contributed by atoms with Gasteiger partial charge in [-0.05, 0) is 12.1 Å². The largest absolute Gasteiger partial charge is 0.395 e. The molecule has 2 rings (SSSR count). The molecular formula is C11H13FN4. The minimum atomic E-state index is -0.406. The summed E-state index contributed by atoms with van der Waals surface area (Å²) in [4.78, 5) is 0. The number of nitrogen functional groups attached to an aromatic ring is 1. The molecule has 0 aliphatic heterocycles. The van der Waals surface area contributed by atoms with Gasteiger partial charge in [0.1, 0.15) is 5.82 Å². The minimum Gasteiger partial charge on any atom is -0.395 e. The third-order valence-corrected chi connectivity index (χ3v) is 2.29. The Labute approximate surface area is 92.9 Å². The lowest BCUT2D eigenvalue weighted by Gasteiger charge is -2.08. The fraction of sp³-hybridized carbons (Fsp3) is 0.182. The van der Waals surface area contributed by atoms with E-state index in [0.717, 1.165) is 5.56 Å². The van der Waals surface area contributed by atoms with Gasteiger partial charge in [-0.25, -0.2) is 4.39 Å². The number of anilines is 2.